The molecule has 1 amide bonds. The summed E-state index contributed by atoms with van der Waals surface area (Å²) in [5, 5.41) is 0.462. The smallest absolute Gasteiger partial charge is 0.270 e. The number of nitrogens with zero attached hydrogens (tertiary/aromatic N) is 1. The lowest BCUT2D eigenvalue weighted by molar-refractivity contribution is -0.131. The fourth-order valence-corrected chi connectivity index (χ4v) is 5.45. The lowest BCUT2D eigenvalue weighted by atomic mass is 9.93. The van der Waals surface area contributed by atoms with Crippen LogP contribution in [0.5, 0.6) is 17.2 Å². The van der Waals surface area contributed by atoms with Crippen LogP contribution >= 0.6 is 11.6 Å². The minimum atomic E-state index is -4.39. The summed E-state index contributed by atoms with van der Waals surface area (Å²) in [5.41, 5.74) is 0.656. The molecular weight excluding hydrogens is 458 g/mol. The van der Waals surface area contributed by atoms with Crippen LogP contribution in [-0.4, -0.2) is 52.3 Å². The number of carbonyl (C=O) groups is 2. The second kappa shape index (κ2) is 9.79. The van der Waals surface area contributed by atoms with E-state index >= 15 is 0 Å². The molecule has 2 aromatic carbocycles. The zero-order valence-electron chi connectivity index (χ0n) is 18.0. The number of ketones is 1. The van der Waals surface area contributed by atoms with Crippen molar-refractivity contribution in [2.75, 3.05) is 27.9 Å². The second-order valence-corrected chi connectivity index (χ2v) is 9.57. The van der Waals surface area contributed by atoms with Gasteiger partial charge in [-0.25, -0.2) is 12.7 Å². The van der Waals surface area contributed by atoms with Gasteiger partial charge in [0.2, 0.25) is 5.91 Å². The number of ether oxygens (including phenoxy) is 3. The van der Waals surface area contributed by atoms with Crippen LogP contribution in [0, 0.1) is 5.92 Å². The van der Waals surface area contributed by atoms with Crippen molar-refractivity contribution in [3.8, 4) is 17.2 Å². The van der Waals surface area contributed by atoms with Gasteiger partial charge in [-0.1, -0.05) is 11.6 Å². The summed E-state index contributed by atoms with van der Waals surface area (Å²) in [4.78, 5) is 25.6. The van der Waals surface area contributed by atoms with Crippen LogP contribution in [0.2, 0.25) is 5.02 Å². The summed E-state index contributed by atoms with van der Waals surface area (Å²) in [7, 11) is -0.174. The molecular formula is C22H24ClNO7S. The molecule has 3 rings (SSSR count). The van der Waals surface area contributed by atoms with Crippen LogP contribution in [0.4, 0.5) is 0 Å². The Bertz CT molecular complexity index is 1130. The Labute approximate surface area is 192 Å². The van der Waals surface area contributed by atoms with E-state index in [-0.39, 0.29) is 41.4 Å². The van der Waals surface area contributed by atoms with Crippen molar-refractivity contribution in [3.05, 3.63) is 47.0 Å². The molecule has 2 aromatic rings. The molecule has 1 heterocycles. The molecule has 1 atom stereocenters. The molecule has 1 unspecified atom stereocenters. The minimum absolute atomic E-state index is 0.0448. The molecule has 1 aliphatic heterocycles. The zero-order valence-corrected chi connectivity index (χ0v) is 19.5. The van der Waals surface area contributed by atoms with Gasteiger partial charge in [0.25, 0.3) is 10.0 Å². The largest absolute Gasteiger partial charge is 0.497 e. The first kappa shape index (κ1) is 23.9. The van der Waals surface area contributed by atoms with E-state index in [1.807, 2.05) is 0 Å². The highest BCUT2D eigenvalue weighted by Gasteiger charge is 2.39. The highest BCUT2D eigenvalue weighted by atomic mass is 35.5. The van der Waals surface area contributed by atoms with E-state index < -0.39 is 28.4 Å². The van der Waals surface area contributed by atoms with Crippen LogP contribution in [0.15, 0.2) is 41.3 Å². The van der Waals surface area contributed by atoms with Crippen LogP contribution in [0.25, 0.3) is 0 Å². The Hall–Kier alpha value is -2.78. The molecule has 0 saturated carbocycles. The third-order valence-corrected chi connectivity index (χ3v) is 7.33. The average Bonchev–Trinajstić information content (AvgIpc) is 2.92. The Morgan fingerprint density at radius 1 is 1.00 bits per heavy atom. The van der Waals surface area contributed by atoms with Gasteiger partial charge in [-0.15, -0.1) is 0 Å². The maximum atomic E-state index is 13.5. The molecule has 1 fully saturated rings. The summed E-state index contributed by atoms with van der Waals surface area (Å²) in [5.74, 6) is -0.907. The van der Waals surface area contributed by atoms with Crippen LogP contribution < -0.4 is 14.2 Å². The van der Waals surface area contributed by atoms with Crippen LogP contribution in [0.3, 0.4) is 0 Å². The van der Waals surface area contributed by atoms with Crippen molar-refractivity contribution in [2.45, 2.75) is 24.2 Å². The molecule has 0 aliphatic carbocycles. The number of carbonyl (C=O) groups excluding carboxylic acids is 2. The Kier molecular flexibility index (Phi) is 7.30. The molecule has 8 nitrogen and oxygen atoms in total. The molecule has 0 N–H and O–H groups in total. The molecule has 0 bridgehead atoms. The first-order chi connectivity index (χ1) is 15.2. The van der Waals surface area contributed by atoms with Crippen molar-refractivity contribution in [1.29, 1.82) is 0 Å². The van der Waals surface area contributed by atoms with E-state index in [2.05, 4.69) is 0 Å². The SMILES string of the molecule is COc1ccc(OC)c(S(=O)(=O)N2CC(=O)CCC(Cc3cc(Cl)ccc3OC)C2=O)c1. The van der Waals surface area contributed by atoms with Crippen molar-refractivity contribution < 1.29 is 32.2 Å². The predicted octanol–water partition coefficient (Wildman–Crippen LogP) is 3.10. The topological polar surface area (TPSA) is 99.2 Å². The van der Waals surface area contributed by atoms with Gasteiger partial charge in [-0.2, -0.15) is 0 Å². The van der Waals surface area contributed by atoms with E-state index in [9.17, 15) is 18.0 Å². The number of benzene rings is 2. The van der Waals surface area contributed by atoms with E-state index in [4.69, 9.17) is 25.8 Å². The molecule has 0 spiro atoms. The van der Waals surface area contributed by atoms with Crippen molar-refractivity contribution >= 4 is 33.3 Å². The van der Waals surface area contributed by atoms with Crippen molar-refractivity contribution in [3.63, 3.8) is 0 Å². The van der Waals surface area contributed by atoms with Gasteiger partial charge in [0.1, 0.15) is 22.1 Å². The normalized spacial score (nSPS) is 17.1. The number of rotatable bonds is 7. The van der Waals surface area contributed by atoms with Crippen LogP contribution in [0.1, 0.15) is 18.4 Å². The number of amides is 1. The quantitative estimate of drug-likeness (QED) is 0.599. The minimum Gasteiger partial charge on any atom is -0.497 e. The summed E-state index contributed by atoms with van der Waals surface area (Å²) in [6, 6.07) is 9.26. The fourth-order valence-electron chi connectivity index (χ4n) is 3.65. The molecule has 1 saturated heterocycles. The van der Waals surface area contributed by atoms with E-state index in [0.29, 0.717) is 20.6 Å². The van der Waals surface area contributed by atoms with Gasteiger partial charge in [0.15, 0.2) is 5.78 Å². The molecule has 0 aromatic heterocycles. The number of sulfonamides is 1. The van der Waals surface area contributed by atoms with Gasteiger partial charge < -0.3 is 14.2 Å². The summed E-state index contributed by atoms with van der Waals surface area (Å²) >= 11 is 6.10. The Balaban J connectivity index is 2.02. The monoisotopic (exact) mass is 481 g/mol. The maximum absolute atomic E-state index is 13.5. The molecule has 0 radical (unpaired) electrons. The van der Waals surface area contributed by atoms with Gasteiger partial charge in [-0.05, 0) is 48.7 Å². The summed E-state index contributed by atoms with van der Waals surface area (Å²) in [6.07, 6.45) is 0.478. The third kappa shape index (κ3) is 4.83. The van der Waals surface area contributed by atoms with Crippen molar-refractivity contribution in [1.82, 2.24) is 4.31 Å². The maximum Gasteiger partial charge on any atom is 0.270 e. The highest BCUT2D eigenvalue weighted by molar-refractivity contribution is 7.89. The van der Waals surface area contributed by atoms with Crippen LogP contribution in [-0.2, 0) is 26.0 Å². The van der Waals surface area contributed by atoms with Gasteiger partial charge >= 0.3 is 0 Å². The van der Waals surface area contributed by atoms with E-state index in [1.54, 1.807) is 24.3 Å². The van der Waals surface area contributed by atoms with Crippen molar-refractivity contribution in [2.24, 2.45) is 5.92 Å². The van der Waals surface area contributed by atoms with Gasteiger partial charge in [0.05, 0.1) is 27.9 Å². The van der Waals surface area contributed by atoms with E-state index in [0.717, 1.165) is 0 Å². The molecule has 10 heteroatoms. The lowest BCUT2D eigenvalue weighted by Crippen LogP contribution is -2.42. The Morgan fingerprint density at radius 2 is 1.69 bits per heavy atom. The van der Waals surface area contributed by atoms with Gasteiger partial charge in [-0.3, -0.25) is 9.59 Å². The second-order valence-electron chi connectivity index (χ2n) is 7.30. The van der Waals surface area contributed by atoms with E-state index in [1.165, 1.54) is 33.5 Å². The number of methoxy groups -OCH3 is 3. The first-order valence-corrected chi connectivity index (χ1v) is 11.7. The average molecular weight is 482 g/mol. The van der Waals surface area contributed by atoms with Gasteiger partial charge in [0, 0.05) is 23.4 Å². The number of hydrogen-bond donors (Lipinski definition) is 0. The molecule has 32 heavy (non-hydrogen) atoms. The first-order valence-electron chi connectivity index (χ1n) is 9.84. The number of hydrogen-bond acceptors (Lipinski definition) is 7. The molecule has 172 valence electrons. The standard InChI is InChI=1S/C22H24ClNO7S/c1-29-18-7-9-20(31-3)21(12-18)32(27,28)24-13-17(25)6-4-14(22(24)26)10-15-11-16(23)5-8-19(15)30-2/h5,7-9,11-12,14H,4,6,10,13H2,1-3H3. The third-order valence-electron chi connectivity index (χ3n) is 5.33. The number of Topliss-reactive ketones (excluding diaryl/α,β-unsaturated/α-hetero) is 1. The lowest BCUT2D eigenvalue weighted by Gasteiger charge is -2.25. The Morgan fingerprint density at radius 3 is 2.34 bits per heavy atom. The molecule has 1 aliphatic rings. The summed E-state index contributed by atoms with van der Waals surface area (Å²) in [6.45, 7) is -0.537. The summed E-state index contributed by atoms with van der Waals surface area (Å²) < 4.78 is 43.3. The fraction of sp³-hybridized carbons (Fsp3) is 0.364. The predicted molar refractivity (Wildman–Crippen MR) is 118 cm³/mol. The highest BCUT2D eigenvalue weighted by Crippen LogP contribution is 2.34. The number of halogens is 1. The zero-order chi connectivity index (χ0) is 23.5.